The molecule has 1 aliphatic carbocycles. The number of carbonyl (C=O) groups excluding carboxylic acids is 3. The van der Waals surface area contributed by atoms with Crippen LogP contribution in [-0.2, 0) is 17.5 Å². The zero-order valence-corrected chi connectivity index (χ0v) is 19.1. The van der Waals surface area contributed by atoms with E-state index in [9.17, 15) is 27.6 Å². The Morgan fingerprint density at radius 3 is 2.18 bits per heavy atom. The van der Waals surface area contributed by atoms with Gasteiger partial charge in [-0.05, 0) is 70.4 Å². The first kappa shape index (κ1) is 24.5. The lowest BCUT2D eigenvalue weighted by atomic mass is 10.0. The minimum Gasteiger partial charge on any atom is -0.461 e. The molecule has 6 nitrogen and oxygen atoms in total. The number of amides is 1. The van der Waals surface area contributed by atoms with E-state index in [-0.39, 0.29) is 30.5 Å². The van der Waals surface area contributed by atoms with Crippen LogP contribution >= 0.6 is 0 Å². The number of alkyl halides is 3. The standard InChI is InChI=1S/C24H27F3N2O4/c1-5-28-15(4)20(14(3)21(28)23(32)33-6-2)19(30)13-29(18-11-12-18)22(31)16-7-9-17(10-8-16)24(25,26)27/h7-10,18H,5-6,11-13H2,1-4H3. The van der Waals surface area contributed by atoms with E-state index in [4.69, 9.17) is 4.74 Å². The van der Waals surface area contributed by atoms with Crippen molar-refractivity contribution in [1.29, 1.82) is 0 Å². The van der Waals surface area contributed by atoms with Crippen LogP contribution in [0.15, 0.2) is 24.3 Å². The van der Waals surface area contributed by atoms with Crippen LogP contribution in [0.2, 0.25) is 0 Å². The number of aromatic nitrogens is 1. The molecule has 0 bridgehead atoms. The molecule has 0 saturated heterocycles. The summed E-state index contributed by atoms with van der Waals surface area (Å²) in [4.78, 5) is 40.2. The number of ether oxygens (including phenoxy) is 1. The molecule has 1 aliphatic rings. The molecule has 0 aliphatic heterocycles. The zero-order valence-electron chi connectivity index (χ0n) is 19.1. The predicted octanol–water partition coefficient (Wildman–Crippen LogP) is 4.81. The molecule has 1 fully saturated rings. The number of hydrogen-bond acceptors (Lipinski definition) is 4. The van der Waals surface area contributed by atoms with Crippen molar-refractivity contribution < 1.29 is 32.3 Å². The molecule has 0 atom stereocenters. The predicted molar refractivity (Wildman–Crippen MR) is 115 cm³/mol. The van der Waals surface area contributed by atoms with Gasteiger partial charge in [0.1, 0.15) is 5.69 Å². The highest BCUT2D eigenvalue weighted by Crippen LogP contribution is 2.32. The van der Waals surface area contributed by atoms with E-state index in [1.54, 1.807) is 25.3 Å². The third kappa shape index (κ3) is 4.96. The number of halogens is 3. The summed E-state index contributed by atoms with van der Waals surface area (Å²) in [5, 5.41) is 0. The third-order valence-electron chi connectivity index (χ3n) is 5.85. The molecule has 9 heteroatoms. The second-order valence-corrected chi connectivity index (χ2v) is 8.06. The van der Waals surface area contributed by atoms with Gasteiger partial charge in [0, 0.05) is 29.4 Å². The Morgan fingerprint density at radius 2 is 1.70 bits per heavy atom. The van der Waals surface area contributed by atoms with E-state index in [0.717, 1.165) is 37.1 Å². The minimum absolute atomic E-state index is 0.0921. The van der Waals surface area contributed by atoms with Crippen LogP contribution in [0.25, 0.3) is 0 Å². The van der Waals surface area contributed by atoms with Crippen molar-refractivity contribution in [3.05, 3.63) is 57.9 Å². The second kappa shape index (κ2) is 9.41. The molecule has 1 saturated carbocycles. The number of esters is 1. The SMILES string of the molecule is CCOC(=O)c1c(C)c(C(=O)CN(C(=O)c2ccc(C(F)(F)F)cc2)C2CC2)c(C)n1CC. The van der Waals surface area contributed by atoms with Gasteiger partial charge in [-0.3, -0.25) is 9.59 Å². The van der Waals surface area contributed by atoms with Gasteiger partial charge < -0.3 is 14.2 Å². The Kier molecular flexibility index (Phi) is 7.00. The van der Waals surface area contributed by atoms with Crippen molar-refractivity contribution >= 4 is 17.7 Å². The quantitative estimate of drug-likeness (QED) is 0.415. The first-order valence-corrected chi connectivity index (χ1v) is 10.9. The summed E-state index contributed by atoms with van der Waals surface area (Å²) < 4.78 is 45.4. The molecule has 1 heterocycles. The van der Waals surface area contributed by atoms with Gasteiger partial charge in [0.25, 0.3) is 5.91 Å². The number of carbonyl (C=O) groups is 3. The van der Waals surface area contributed by atoms with E-state index in [2.05, 4.69) is 0 Å². The lowest BCUT2D eigenvalue weighted by Crippen LogP contribution is -2.37. The van der Waals surface area contributed by atoms with Gasteiger partial charge in [-0.1, -0.05) is 0 Å². The number of nitrogens with zero attached hydrogens (tertiary/aromatic N) is 2. The number of ketones is 1. The molecular formula is C24H27F3N2O4. The van der Waals surface area contributed by atoms with E-state index in [1.165, 1.54) is 4.90 Å². The number of Topliss-reactive ketones (excluding diaryl/α,β-unsaturated/α-hetero) is 1. The fraction of sp³-hybridized carbons (Fsp3) is 0.458. The van der Waals surface area contributed by atoms with E-state index < -0.39 is 23.6 Å². The Hall–Kier alpha value is -3.10. The van der Waals surface area contributed by atoms with E-state index in [1.807, 2.05) is 6.92 Å². The average molecular weight is 464 g/mol. The summed E-state index contributed by atoms with van der Waals surface area (Å²) in [6.45, 7) is 7.42. The van der Waals surface area contributed by atoms with Crippen molar-refractivity contribution in [3.63, 3.8) is 0 Å². The molecule has 1 amide bonds. The molecule has 33 heavy (non-hydrogen) atoms. The Bertz CT molecular complexity index is 1070. The Labute approximate surface area is 190 Å². The maximum absolute atomic E-state index is 13.3. The summed E-state index contributed by atoms with van der Waals surface area (Å²) in [7, 11) is 0. The van der Waals surface area contributed by atoms with Gasteiger partial charge in [0.05, 0.1) is 18.7 Å². The summed E-state index contributed by atoms with van der Waals surface area (Å²) in [6.07, 6.45) is -3.05. The van der Waals surface area contributed by atoms with Crippen LogP contribution in [0.4, 0.5) is 13.2 Å². The van der Waals surface area contributed by atoms with E-state index >= 15 is 0 Å². The molecule has 0 radical (unpaired) electrons. The van der Waals surface area contributed by atoms with Gasteiger partial charge >= 0.3 is 12.1 Å². The van der Waals surface area contributed by atoms with Crippen molar-refractivity contribution in [2.45, 2.75) is 59.3 Å². The summed E-state index contributed by atoms with van der Waals surface area (Å²) >= 11 is 0. The van der Waals surface area contributed by atoms with Crippen LogP contribution in [0.1, 0.15) is 74.7 Å². The van der Waals surface area contributed by atoms with Crippen LogP contribution in [-0.4, -0.2) is 46.3 Å². The highest BCUT2D eigenvalue weighted by Gasteiger charge is 2.37. The van der Waals surface area contributed by atoms with Gasteiger partial charge in [-0.15, -0.1) is 0 Å². The van der Waals surface area contributed by atoms with Crippen LogP contribution in [0.3, 0.4) is 0 Å². The first-order valence-electron chi connectivity index (χ1n) is 10.9. The van der Waals surface area contributed by atoms with Crippen LogP contribution in [0.5, 0.6) is 0 Å². The van der Waals surface area contributed by atoms with Crippen LogP contribution in [0, 0.1) is 13.8 Å². The molecule has 0 N–H and O–H groups in total. The molecule has 0 unspecified atom stereocenters. The number of hydrogen-bond donors (Lipinski definition) is 0. The highest BCUT2D eigenvalue weighted by molar-refractivity contribution is 6.06. The Balaban J connectivity index is 1.89. The molecule has 2 aromatic rings. The minimum atomic E-state index is -4.49. The lowest BCUT2D eigenvalue weighted by molar-refractivity contribution is -0.137. The van der Waals surface area contributed by atoms with Gasteiger partial charge in [-0.2, -0.15) is 13.2 Å². The first-order chi connectivity index (χ1) is 15.5. The average Bonchev–Trinajstić information content (AvgIpc) is 3.56. The van der Waals surface area contributed by atoms with Crippen LogP contribution < -0.4 is 0 Å². The third-order valence-corrected chi connectivity index (χ3v) is 5.85. The summed E-state index contributed by atoms with van der Waals surface area (Å²) in [5.74, 6) is -1.33. The van der Waals surface area contributed by atoms with Crippen molar-refractivity contribution in [2.75, 3.05) is 13.2 Å². The topological polar surface area (TPSA) is 68.6 Å². The lowest BCUT2D eigenvalue weighted by Gasteiger charge is -2.22. The maximum atomic E-state index is 13.3. The maximum Gasteiger partial charge on any atom is 0.416 e. The van der Waals surface area contributed by atoms with Gasteiger partial charge in [0.2, 0.25) is 0 Å². The highest BCUT2D eigenvalue weighted by atomic mass is 19.4. The molecule has 0 spiro atoms. The second-order valence-electron chi connectivity index (χ2n) is 8.06. The largest absolute Gasteiger partial charge is 0.461 e. The van der Waals surface area contributed by atoms with Crippen molar-refractivity contribution in [2.24, 2.45) is 0 Å². The monoisotopic (exact) mass is 464 g/mol. The fourth-order valence-electron chi connectivity index (χ4n) is 4.12. The van der Waals surface area contributed by atoms with Gasteiger partial charge in [0.15, 0.2) is 5.78 Å². The van der Waals surface area contributed by atoms with Crippen molar-refractivity contribution in [3.8, 4) is 0 Å². The smallest absolute Gasteiger partial charge is 0.416 e. The summed E-state index contributed by atoms with van der Waals surface area (Å²) in [5.41, 5.74) is 1.04. The van der Waals surface area contributed by atoms with E-state index in [0.29, 0.717) is 29.1 Å². The van der Waals surface area contributed by atoms with Crippen molar-refractivity contribution in [1.82, 2.24) is 9.47 Å². The molecule has 3 rings (SSSR count). The molecule has 1 aromatic heterocycles. The molecule has 178 valence electrons. The number of benzene rings is 1. The molecular weight excluding hydrogens is 437 g/mol. The fourth-order valence-corrected chi connectivity index (χ4v) is 4.12. The summed E-state index contributed by atoms with van der Waals surface area (Å²) in [6, 6.07) is 3.85. The normalized spacial score (nSPS) is 13.7. The Morgan fingerprint density at radius 1 is 1.09 bits per heavy atom. The number of rotatable bonds is 8. The van der Waals surface area contributed by atoms with Gasteiger partial charge in [-0.25, -0.2) is 4.79 Å². The molecule has 1 aromatic carbocycles. The zero-order chi connectivity index (χ0) is 24.5.